The molecule has 0 aromatic heterocycles. The maximum absolute atomic E-state index is 5.93. The van der Waals surface area contributed by atoms with E-state index < -0.39 is 0 Å². The van der Waals surface area contributed by atoms with Crippen molar-refractivity contribution in [3.63, 3.8) is 0 Å². The molecule has 98 valence electrons. The molecule has 18 heavy (non-hydrogen) atoms. The van der Waals surface area contributed by atoms with Gasteiger partial charge in [0.2, 0.25) is 0 Å². The van der Waals surface area contributed by atoms with Crippen molar-refractivity contribution in [2.45, 2.75) is 45.7 Å². The molecule has 0 spiro atoms. The fourth-order valence-electron chi connectivity index (χ4n) is 1.93. The van der Waals surface area contributed by atoms with Gasteiger partial charge in [0.25, 0.3) is 0 Å². The largest absolute Gasteiger partial charge is 0.493 e. The van der Waals surface area contributed by atoms with Gasteiger partial charge >= 0.3 is 0 Å². The van der Waals surface area contributed by atoms with E-state index in [2.05, 4.69) is 37.0 Å². The number of nitrogens with one attached hydrogen (secondary N) is 1. The highest BCUT2D eigenvalue weighted by atomic mass is 16.5. The third kappa shape index (κ3) is 3.88. The maximum atomic E-state index is 5.93. The minimum Gasteiger partial charge on any atom is -0.493 e. The van der Waals surface area contributed by atoms with E-state index in [-0.39, 0.29) is 0 Å². The number of hydrogen-bond donors (Lipinski definition) is 1. The molecule has 2 nitrogen and oxygen atoms in total. The molecule has 1 aliphatic rings. The van der Waals surface area contributed by atoms with Gasteiger partial charge in [-0.25, -0.2) is 0 Å². The number of rotatable bonds is 7. The van der Waals surface area contributed by atoms with E-state index in [0.29, 0.717) is 0 Å². The molecule has 1 aromatic carbocycles. The number of para-hydroxylation sites is 1. The number of hydrogen-bond acceptors (Lipinski definition) is 2. The Labute approximate surface area is 110 Å². The van der Waals surface area contributed by atoms with Crippen molar-refractivity contribution >= 4 is 0 Å². The molecule has 1 N–H and O–H groups in total. The molecule has 2 rings (SSSR count). The van der Waals surface area contributed by atoms with Gasteiger partial charge in [-0.05, 0) is 32.3 Å². The van der Waals surface area contributed by atoms with E-state index in [0.717, 1.165) is 31.4 Å². The first-order chi connectivity index (χ1) is 8.66. The molecule has 1 saturated carbocycles. The van der Waals surface area contributed by atoms with Crippen LogP contribution in [0.5, 0.6) is 5.75 Å². The first kappa shape index (κ1) is 13.2. The van der Waals surface area contributed by atoms with Crippen molar-refractivity contribution in [3.8, 4) is 5.75 Å². The molecule has 0 bridgehead atoms. The molecule has 0 amide bonds. The summed E-state index contributed by atoms with van der Waals surface area (Å²) in [6, 6.07) is 7.09. The fraction of sp³-hybridized carbons (Fsp3) is 0.500. The zero-order valence-corrected chi connectivity index (χ0v) is 11.5. The van der Waals surface area contributed by atoms with Crippen molar-refractivity contribution in [2.24, 2.45) is 0 Å². The third-order valence-electron chi connectivity index (χ3n) is 3.23. The number of ether oxygens (including phenoxy) is 1. The molecule has 2 heteroatoms. The average molecular weight is 245 g/mol. The first-order valence-corrected chi connectivity index (χ1v) is 6.76. The van der Waals surface area contributed by atoms with E-state index in [1.54, 1.807) is 0 Å². The van der Waals surface area contributed by atoms with Gasteiger partial charge in [0, 0.05) is 24.6 Å². The summed E-state index contributed by atoms with van der Waals surface area (Å²) in [5, 5.41) is 3.54. The van der Waals surface area contributed by atoms with Crippen LogP contribution in [0.25, 0.3) is 0 Å². The molecule has 1 aromatic rings. The summed E-state index contributed by atoms with van der Waals surface area (Å²) in [7, 11) is 0. The Kier molecular flexibility index (Phi) is 4.43. The van der Waals surface area contributed by atoms with Crippen LogP contribution in [0.4, 0.5) is 0 Å². The zero-order valence-electron chi connectivity index (χ0n) is 11.5. The van der Waals surface area contributed by atoms with Crippen molar-refractivity contribution in [1.82, 2.24) is 5.32 Å². The molecular weight excluding hydrogens is 222 g/mol. The molecule has 0 saturated heterocycles. The summed E-state index contributed by atoms with van der Waals surface area (Å²) in [6.07, 6.45) is 3.55. The summed E-state index contributed by atoms with van der Waals surface area (Å²) in [4.78, 5) is 0. The Bertz CT molecular complexity index is 421. The van der Waals surface area contributed by atoms with Crippen LogP contribution in [0.2, 0.25) is 0 Å². The monoisotopic (exact) mass is 245 g/mol. The van der Waals surface area contributed by atoms with Crippen LogP contribution in [0, 0.1) is 6.92 Å². The minimum absolute atomic E-state index is 0.719. The minimum atomic E-state index is 0.719. The fourth-order valence-corrected chi connectivity index (χ4v) is 1.93. The Morgan fingerprint density at radius 2 is 2.22 bits per heavy atom. The standard InChI is InChI=1S/C16H23NO/c1-12(2)9-10-18-16-13(3)5-4-6-14(16)11-17-15-7-8-15/h4-6,15,17H,1,7-11H2,2-3H3. The predicted octanol–water partition coefficient (Wildman–Crippen LogP) is 3.59. The molecule has 1 fully saturated rings. The predicted molar refractivity (Wildman–Crippen MR) is 76.0 cm³/mol. The number of aryl methyl sites for hydroxylation is 1. The second-order valence-electron chi connectivity index (χ2n) is 5.27. The van der Waals surface area contributed by atoms with Crippen LogP contribution in [-0.2, 0) is 6.54 Å². The molecule has 0 radical (unpaired) electrons. The van der Waals surface area contributed by atoms with E-state index >= 15 is 0 Å². The smallest absolute Gasteiger partial charge is 0.126 e. The maximum Gasteiger partial charge on any atom is 0.126 e. The van der Waals surface area contributed by atoms with Gasteiger partial charge in [0.05, 0.1) is 6.61 Å². The Hall–Kier alpha value is -1.28. The lowest BCUT2D eigenvalue weighted by Crippen LogP contribution is -2.16. The Morgan fingerprint density at radius 1 is 1.44 bits per heavy atom. The van der Waals surface area contributed by atoms with E-state index in [1.165, 1.54) is 29.5 Å². The first-order valence-electron chi connectivity index (χ1n) is 6.76. The summed E-state index contributed by atoms with van der Waals surface area (Å²) in [5.41, 5.74) is 3.65. The third-order valence-corrected chi connectivity index (χ3v) is 3.23. The summed E-state index contributed by atoms with van der Waals surface area (Å²) in [5.74, 6) is 1.05. The van der Waals surface area contributed by atoms with Crippen LogP contribution in [-0.4, -0.2) is 12.6 Å². The SMILES string of the molecule is C=C(C)CCOc1c(C)cccc1CNC1CC1. The second-order valence-corrected chi connectivity index (χ2v) is 5.27. The van der Waals surface area contributed by atoms with E-state index in [1.807, 2.05) is 6.92 Å². The highest BCUT2D eigenvalue weighted by Crippen LogP contribution is 2.26. The van der Waals surface area contributed by atoms with Gasteiger partial charge in [-0.15, -0.1) is 6.58 Å². The van der Waals surface area contributed by atoms with Gasteiger partial charge in [-0.1, -0.05) is 23.8 Å². The van der Waals surface area contributed by atoms with Gasteiger partial charge in [-0.2, -0.15) is 0 Å². The van der Waals surface area contributed by atoms with Gasteiger partial charge in [0.15, 0.2) is 0 Å². The van der Waals surface area contributed by atoms with Crippen molar-refractivity contribution in [2.75, 3.05) is 6.61 Å². The van der Waals surface area contributed by atoms with Crippen molar-refractivity contribution < 1.29 is 4.74 Å². The molecular formula is C16H23NO. The highest BCUT2D eigenvalue weighted by Gasteiger charge is 2.20. The van der Waals surface area contributed by atoms with Crippen molar-refractivity contribution in [1.29, 1.82) is 0 Å². The summed E-state index contributed by atoms with van der Waals surface area (Å²) >= 11 is 0. The lowest BCUT2D eigenvalue weighted by molar-refractivity contribution is 0.315. The molecule has 0 aliphatic heterocycles. The van der Waals surface area contributed by atoms with Gasteiger partial charge < -0.3 is 10.1 Å². The molecule has 0 unspecified atom stereocenters. The van der Waals surface area contributed by atoms with Crippen LogP contribution in [0.15, 0.2) is 30.4 Å². The number of benzene rings is 1. The molecule has 1 aliphatic carbocycles. The molecule has 0 heterocycles. The Balaban J connectivity index is 1.97. The second kappa shape index (κ2) is 6.05. The molecule has 0 atom stereocenters. The van der Waals surface area contributed by atoms with E-state index in [9.17, 15) is 0 Å². The van der Waals surface area contributed by atoms with Crippen LogP contribution < -0.4 is 10.1 Å². The van der Waals surface area contributed by atoms with Crippen LogP contribution in [0.3, 0.4) is 0 Å². The summed E-state index contributed by atoms with van der Waals surface area (Å²) < 4.78 is 5.93. The van der Waals surface area contributed by atoms with Gasteiger partial charge in [-0.3, -0.25) is 0 Å². The zero-order chi connectivity index (χ0) is 13.0. The lowest BCUT2D eigenvalue weighted by Gasteiger charge is -2.14. The van der Waals surface area contributed by atoms with Gasteiger partial charge in [0.1, 0.15) is 5.75 Å². The van der Waals surface area contributed by atoms with Crippen LogP contribution >= 0.6 is 0 Å². The quantitative estimate of drug-likeness (QED) is 0.741. The average Bonchev–Trinajstić information content (AvgIpc) is 3.12. The van der Waals surface area contributed by atoms with Crippen LogP contribution in [0.1, 0.15) is 37.3 Å². The lowest BCUT2D eigenvalue weighted by atomic mass is 10.1. The highest BCUT2D eigenvalue weighted by molar-refractivity contribution is 5.40. The summed E-state index contributed by atoms with van der Waals surface area (Å²) in [6.45, 7) is 9.68. The van der Waals surface area contributed by atoms with Crippen molar-refractivity contribution in [3.05, 3.63) is 41.5 Å². The Morgan fingerprint density at radius 3 is 2.89 bits per heavy atom. The normalized spacial score (nSPS) is 14.6. The van der Waals surface area contributed by atoms with E-state index in [4.69, 9.17) is 4.74 Å². The topological polar surface area (TPSA) is 21.3 Å².